The van der Waals surface area contributed by atoms with Crippen molar-refractivity contribution < 1.29 is 9.53 Å². The predicted molar refractivity (Wildman–Crippen MR) is 88.4 cm³/mol. The molecule has 2 aromatic rings. The van der Waals surface area contributed by atoms with Crippen molar-refractivity contribution in [2.75, 3.05) is 25.0 Å². The van der Waals surface area contributed by atoms with Crippen LogP contribution in [0.1, 0.15) is 22.5 Å². The molecule has 3 nitrogen and oxygen atoms in total. The summed E-state index contributed by atoms with van der Waals surface area (Å²) in [6.45, 7) is 2.36. The molecule has 0 N–H and O–H groups in total. The number of likely N-dealkylation sites (tertiary alicyclic amines) is 1. The van der Waals surface area contributed by atoms with E-state index >= 15 is 0 Å². The van der Waals surface area contributed by atoms with Crippen LogP contribution in [-0.4, -0.2) is 41.9 Å². The highest BCUT2D eigenvalue weighted by atomic mass is 79.9. The molecule has 0 unspecified atom stereocenters. The summed E-state index contributed by atoms with van der Waals surface area (Å²) in [4.78, 5) is 15.3. The number of thiophene rings is 2. The Morgan fingerprint density at radius 3 is 2.90 bits per heavy atom. The summed E-state index contributed by atoms with van der Waals surface area (Å²) in [5.41, 5.74) is 0. The van der Waals surface area contributed by atoms with Gasteiger partial charge in [-0.3, -0.25) is 4.79 Å². The zero-order valence-corrected chi connectivity index (χ0v) is 14.2. The molecule has 0 spiro atoms. The van der Waals surface area contributed by atoms with Crippen LogP contribution in [0.5, 0.6) is 0 Å². The topological polar surface area (TPSA) is 29.5 Å². The van der Waals surface area contributed by atoms with Crippen LogP contribution in [0.25, 0.3) is 9.40 Å². The lowest BCUT2D eigenvalue weighted by Gasteiger charge is -2.31. The number of halogens is 1. The fourth-order valence-electron chi connectivity index (χ4n) is 2.46. The summed E-state index contributed by atoms with van der Waals surface area (Å²) in [5, 5.41) is 2.94. The molecule has 0 radical (unpaired) electrons. The maximum absolute atomic E-state index is 12.5. The Morgan fingerprint density at radius 2 is 2.20 bits per heavy atom. The van der Waals surface area contributed by atoms with E-state index in [4.69, 9.17) is 4.74 Å². The maximum atomic E-state index is 12.5. The van der Waals surface area contributed by atoms with E-state index in [2.05, 4.69) is 27.4 Å². The first kappa shape index (κ1) is 14.5. The van der Waals surface area contributed by atoms with Gasteiger partial charge in [0.25, 0.3) is 5.91 Å². The minimum atomic E-state index is 0.178. The summed E-state index contributed by atoms with van der Waals surface area (Å²) in [5.74, 6) is 0.178. The summed E-state index contributed by atoms with van der Waals surface area (Å²) >= 11 is 6.67. The second kappa shape index (κ2) is 6.56. The molecule has 1 aliphatic rings. The number of fused-ring (bicyclic) bond motifs is 1. The molecule has 0 aromatic carbocycles. The van der Waals surface area contributed by atoms with Gasteiger partial charge in [0.1, 0.15) is 0 Å². The molecule has 2 aromatic heterocycles. The van der Waals surface area contributed by atoms with Gasteiger partial charge in [0.05, 0.1) is 17.6 Å². The Labute approximate surface area is 134 Å². The number of ether oxygens (including phenoxy) is 1. The highest BCUT2D eigenvalue weighted by molar-refractivity contribution is 9.09. The lowest BCUT2D eigenvalue weighted by Crippen LogP contribution is -2.40. The number of rotatable bonds is 4. The highest BCUT2D eigenvalue weighted by Crippen LogP contribution is 2.31. The van der Waals surface area contributed by atoms with E-state index in [1.165, 1.54) is 9.40 Å². The van der Waals surface area contributed by atoms with Crippen LogP contribution in [0.3, 0.4) is 0 Å². The summed E-state index contributed by atoms with van der Waals surface area (Å²) < 4.78 is 8.15. The third kappa shape index (κ3) is 3.08. The van der Waals surface area contributed by atoms with Crippen LogP contribution in [0.15, 0.2) is 17.5 Å². The normalized spacial score (nSPS) is 16.9. The Hall–Kier alpha value is -0.430. The fraction of sp³-hybridized carbons (Fsp3) is 0.500. The van der Waals surface area contributed by atoms with Crippen LogP contribution in [0.2, 0.25) is 0 Å². The molecule has 0 saturated carbocycles. The standard InChI is InChI=1S/C14H16BrNO2S2/c15-4-7-18-10-1-5-16(6-2-10)14(17)13-9-12-11(20-13)3-8-19-12/h3,8-10H,1-2,4-7H2. The quantitative estimate of drug-likeness (QED) is 0.758. The number of carbonyl (C=O) groups is 1. The lowest BCUT2D eigenvalue weighted by molar-refractivity contribution is 0.0161. The number of piperidine rings is 1. The van der Waals surface area contributed by atoms with Crippen LogP contribution in [0, 0.1) is 0 Å². The first-order chi connectivity index (χ1) is 9.78. The van der Waals surface area contributed by atoms with Crippen molar-refractivity contribution in [3.05, 3.63) is 22.4 Å². The maximum Gasteiger partial charge on any atom is 0.263 e. The van der Waals surface area contributed by atoms with Gasteiger partial charge in [0, 0.05) is 27.8 Å². The summed E-state index contributed by atoms with van der Waals surface area (Å²) in [7, 11) is 0. The third-order valence-corrected chi connectivity index (χ3v) is 5.92. The van der Waals surface area contributed by atoms with Crippen molar-refractivity contribution in [3.63, 3.8) is 0 Å². The van der Waals surface area contributed by atoms with Crippen molar-refractivity contribution in [2.45, 2.75) is 18.9 Å². The Bertz CT molecular complexity index is 558. The fourth-order valence-corrected chi connectivity index (χ4v) is 4.73. The van der Waals surface area contributed by atoms with Gasteiger partial charge in [-0.15, -0.1) is 22.7 Å². The van der Waals surface area contributed by atoms with Gasteiger partial charge in [-0.25, -0.2) is 0 Å². The van der Waals surface area contributed by atoms with Crippen molar-refractivity contribution >= 4 is 53.9 Å². The van der Waals surface area contributed by atoms with E-state index in [1.54, 1.807) is 22.7 Å². The second-order valence-corrected chi connectivity index (χ2v) is 7.64. The average Bonchev–Trinajstić information content (AvgIpc) is 3.06. The molecule has 20 heavy (non-hydrogen) atoms. The summed E-state index contributed by atoms with van der Waals surface area (Å²) in [6.07, 6.45) is 2.19. The van der Waals surface area contributed by atoms with Gasteiger partial charge < -0.3 is 9.64 Å². The minimum Gasteiger partial charge on any atom is -0.377 e. The van der Waals surface area contributed by atoms with Crippen LogP contribution < -0.4 is 0 Å². The van der Waals surface area contributed by atoms with Gasteiger partial charge in [0.15, 0.2) is 0 Å². The van der Waals surface area contributed by atoms with E-state index in [0.29, 0.717) is 6.10 Å². The molecule has 1 aliphatic heterocycles. The first-order valence-corrected chi connectivity index (χ1v) is 9.53. The highest BCUT2D eigenvalue weighted by Gasteiger charge is 2.25. The SMILES string of the molecule is O=C(c1cc2sccc2s1)N1CCC(OCCBr)CC1. The first-order valence-electron chi connectivity index (χ1n) is 6.72. The lowest BCUT2D eigenvalue weighted by atomic mass is 10.1. The molecule has 6 heteroatoms. The minimum absolute atomic E-state index is 0.178. The number of alkyl halides is 1. The molecular weight excluding hydrogens is 358 g/mol. The number of amides is 1. The van der Waals surface area contributed by atoms with Crippen LogP contribution >= 0.6 is 38.6 Å². The number of nitrogens with zero attached hydrogens (tertiary/aromatic N) is 1. The molecule has 1 saturated heterocycles. The van der Waals surface area contributed by atoms with E-state index in [9.17, 15) is 4.79 Å². The van der Waals surface area contributed by atoms with Crippen molar-refractivity contribution in [2.24, 2.45) is 0 Å². The van der Waals surface area contributed by atoms with E-state index in [-0.39, 0.29) is 5.91 Å². The zero-order chi connectivity index (χ0) is 13.9. The van der Waals surface area contributed by atoms with Gasteiger partial charge >= 0.3 is 0 Å². The van der Waals surface area contributed by atoms with Gasteiger partial charge in [-0.2, -0.15) is 0 Å². The summed E-state index contributed by atoms with van der Waals surface area (Å²) in [6, 6.07) is 4.11. The van der Waals surface area contributed by atoms with Crippen molar-refractivity contribution in [1.82, 2.24) is 4.90 Å². The smallest absolute Gasteiger partial charge is 0.263 e. The Balaban J connectivity index is 1.60. The van der Waals surface area contributed by atoms with Crippen molar-refractivity contribution in [3.8, 4) is 0 Å². The average molecular weight is 374 g/mol. The Kier molecular flexibility index (Phi) is 4.75. The molecular formula is C14H16BrNO2S2. The zero-order valence-electron chi connectivity index (χ0n) is 11.0. The van der Waals surface area contributed by atoms with Crippen LogP contribution in [0.4, 0.5) is 0 Å². The molecule has 3 heterocycles. The van der Waals surface area contributed by atoms with Crippen LogP contribution in [-0.2, 0) is 4.74 Å². The molecule has 0 aliphatic carbocycles. The van der Waals surface area contributed by atoms with E-state index in [0.717, 1.165) is 42.7 Å². The number of hydrogen-bond donors (Lipinski definition) is 0. The Morgan fingerprint density at radius 1 is 1.40 bits per heavy atom. The van der Waals surface area contributed by atoms with Gasteiger partial charge in [-0.1, -0.05) is 15.9 Å². The van der Waals surface area contributed by atoms with E-state index < -0.39 is 0 Å². The largest absolute Gasteiger partial charge is 0.377 e. The molecule has 3 rings (SSSR count). The monoisotopic (exact) mass is 373 g/mol. The predicted octanol–water partition coefficient (Wildman–Crippen LogP) is 3.98. The molecule has 0 atom stereocenters. The molecule has 108 valence electrons. The van der Waals surface area contributed by atoms with Gasteiger partial charge in [0.2, 0.25) is 0 Å². The second-order valence-electron chi connectivity index (χ2n) is 4.81. The number of carbonyl (C=O) groups excluding carboxylic acids is 1. The van der Waals surface area contributed by atoms with Gasteiger partial charge in [-0.05, 0) is 30.4 Å². The van der Waals surface area contributed by atoms with E-state index in [1.807, 2.05) is 11.0 Å². The number of hydrogen-bond acceptors (Lipinski definition) is 4. The molecule has 1 fully saturated rings. The molecule has 0 bridgehead atoms. The van der Waals surface area contributed by atoms with Crippen molar-refractivity contribution in [1.29, 1.82) is 0 Å². The third-order valence-electron chi connectivity index (χ3n) is 3.51. The molecule has 1 amide bonds.